The Bertz CT molecular complexity index is 1310. The molecule has 2 unspecified atom stereocenters. The molecule has 13 heteroatoms. The van der Waals surface area contributed by atoms with Crippen LogP contribution >= 0.6 is 0 Å². The van der Waals surface area contributed by atoms with Gasteiger partial charge in [0.05, 0.1) is 25.9 Å². The molecule has 4 heterocycles. The lowest BCUT2D eigenvalue weighted by Gasteiger charge is -2.39. The highest BCUT2D eigenvalue weighted by molar-refractivity contribution is 6.30. The molecule has 0 saturated carbocycles. The van der Waals surface area contributed by atoms with Crippen molar-refractivity contribution in [2.75, 3.05) is 20.3 Å². The highest BCUT2D eigenvalue weighted by Crippen LogP contribution is 2.37. The topological polar surface area (TPSA) is 131 Å². The van der Waals surface area contributed by atoms with Gasteiger partial charge in [-0.3, -0.25) is 9.47 Å². The van der Waals surface area contributed by atoms with Crippen molar-refractivity contribution in [3.05, 3.63) is 62.4 Å². The average Bonchev–Trinajstić information content (AvgIpc) is 3.37. The molecule has 1 aromatic carbocycles. The number of aromatic nitrogens is 3. The third kappa shape index (κ3) is 5.80. The number of nitrogens with zero attached hydrogens (tertiary/aromatic N) is 4. The average molecular weight is 547 g/mol. The van der Waals surface area contributed by atoms with Gasteiger partial charge in [0.1, 0.15) is 5.82 Å². The minimum atomic E-state index is -1.56. The number of carbonyl (C=O) groups excluding carboxylic acids is 2. The Balaban J connectivity index is 1.21. The Kier molecular flexibility index (Phi) is 8.19. The van der Waals surface area contributed by atoms with Gasteiger partial charge in [0, 0.05) is 37.8 Å². The Morgan fingerprint density at radius 2 is 1.67 bits per heavy atom. The summed E-state index contributed by atoms with van der Waals surface area (Å²) < 4.78 is 36.9. The van der Waals surface area contributed by atoms with Crippen LogP contribution in [0.4, 0.5) is 4.39 Å². The van der Waals surface area contributed by atoms with E-state index in [4.69, 9.17) is 18.9 Å². The number of halogens is 1. The van der Waals surface area contributed by atoms with E-state index < -0.39 is 29.6 Å². The highest BCUT2D eigenvalue weighted by atomic mass is 19.1. The minimum Gasteiger partial charge on any atom is -0.409 e. The van der Waals surface area contributed by atoms with E-state index in [1.165, 1.54) is 13.2 Å². The minimum absolute atomic E-state index is 0.0219. The van der Waals surface area contributed by atoms with E-state index in [2.05, 4.69) is 9.88 Å². The first-order valence-electron chi connectivity index (χ1n) is 13.1. The Morgan fingerprint density at radius 3 is 2.33 bits per heavy atom. The summed E-state index contributed by atoms with van der Waals surface area (Å²) in [7, 11) is 1.45. The number of piperidine rings is 1. The van der Waals surface area contributed by atoms with Crippen LogP contribution in [0.3, 0.4) is 0 Å². The van der Waals surface area contributed by atoms with Gasteiger partial charge in [-0.1, -0.05) is 18.2 Å². The third-order valence-corrected chi connectivity index (χ3v) is 7.58. The molecule has 3 saturated heterocycles. The number of cyclic esters (lactones) is 2. The van der Waals surface area contributed by atoms with Crippen molar-refractivity contribution in [3.8, 4) is 0 Å². The summed E-state index contributed by atoms with van der Waals surface area (Å²) in [5.74, 6) is -2.95. The van der Waals surface area contributed by atoms with Crippen LogP contribution in [0.1, 0.15) is 49.8 Å². The van der Waals surface area contributed by atoms with E-state index in [9.17, 15) is 23.6 Å². The van der Waals surface area contributed by atoms with Crippen molar-refractivity contribution in [1.29, 1.82) is 0 Å². The lowest BCUT2D eigenvalue weighted by molar-refractivity contribution is -0.150. The number of rotatable bonds is 11. The maximum absolute atomic E-state index is 13.9. The van der Waals surface area contributed by atoms with Crippen LogP contribution in [0, 0.1) is 5.82 Å². The second kappa shape index (κ2) is 11.8. The van der Waals surface area contributed by atoms with E-state index in [0.717, 1.165) is 34.8 Å². The summed E-state index contributed by atoms with van der Waals surface area (Å²) in [5, 5.41) is 0. The molecule has 2 atom stereocenters. The first-order valence-corrected chi connectivity index (χ1v) is 13.1. The molecular weight excluding hydrogens is 515 g/mol. The largest absolute Gasteiger partial charge is 0.421 e. The second-order valence-electron chi connectivity index (χ2n) is 9.95. The molecule has 0 radical (unpaired) electrons. The quantitative estimate of drug-likeness (QED) is 0.296. The van der Waals surface area contributed by atoms with Gasteiger partial charge in [0.15, 0.2) is 0 Å². The van der Waals surface area contributed by atoms with Crippen molar-refractivity contribution < 1.29 is 32.9 Å². The number of benzene rings is 1. The van der Waals surface area contributed by atoms with E-state index in [-0.39, 0.29) is 44.0 Å². The van der Waals surface area contributed by atoms with Crippen molar-refractivity contribution in [3.63, 3.8) is 0 Å². The molecule has 3 aliphatic heterocycles. The van der Waals surface area contributed by atoms with Crippen LogP contribution < -0.4 is 11.4 Å². The molecule has 0 N–H and O–H groups in total. The van der Waals surface area contributed by atoms with Gasteiger partial charge in [-0.05, 0) is 38.2 Å². The zero-order valence-electron chi connectivity index (χ0n) is 21.6. The molecule has 0 aliphatic carbocycles. The lowest BCUT2D eigenvalue weighted by atomic mass is 9.99. The van der Waals surface area contributed by atoms with E-state index in [1.807, 2.05) is 0 Å². The lowest BCUT2D eigenvalue weighted by Crippen LogP contribution is -2.47. The number of fused-ring (bicyclic) bond motifs is 2. The van der Waals surface area contributed by atoms with Crippen molar-refractivity contribution in [1.82, 2.24) is 19.0 Å². The van der Waals surface area contributed by atoms with Crippen LogP contribution in [0.2, 0.25) is 0 Å². The molecule has 210 valence electrons. The predicted octanol–water partition coefficient (Wildman–Crippen LogP) is 0.891. The standard InChI is InChI=1S/C26H31FN4O8/c1-36-12-11-30-21(24-38-22(32)23(33)39-24)28-25(34)31(26(30)35)10-4-9-29-17-7-8-18(29)14-19(13-17)37-15-16-5-2-3-6-20(16)27/h2-3,5-6,17-19,24H,4,7-15H2,1H3. The van der Waals surface area contributed by atoms with Gasteiger partial charge in [0.25, 0.3) is 0 Å². The highest BCUT2D eigenvalue weighted by Gasteiger charge is 2.41. The monoisotopic (exact) mass is 546 g/mol. The summed E-state index contributed by atoms with van der Waals surface area (Å²) in [6.45, 7) is 1.23. The van der Waals surface area contributed by atoms with Crippen LogP contribution in [-0.4, -0.2) is 69.4 Å². The van der Waals surface area contributed by atoms with E-state index >= 15 is 0 Å². The summed E-state index contributed by atoms with van der Waals surface area (Å²) >= 11 is 0. The number of hydrogen-bond acceptors (Lipinski definition) is 10. The maximum Gasteiger partial charge on any atom is 0.421 e. The van der Waals surface area contributed by atoms with Gasteiger partial charge >= 0.3 is 29.6 Å². The molecule has 2 aromatic rings. The fourth-order valence-corrected chi connectivity index (χ4v) is 5.69. The molecule has 3 aliphatic rings. The Morgan fingerprint density at radius 1 is 0.974 bits per heavy atom. The molecule has 0 spiro atoms. The zero-order valence-corrected chi connectivity index (χ0v) is 21.6. The molecule has 12 nitrogen and oxygen atoms in total. The fraction of sp³-hybridized carbons (Fsp3) is 0.577. The van der Waals surface area contributed by atoms with Gasteiger partial charge in [-0.25, -0.2) is 28.1 Å². The molecular formula is C26H31FN4O8. The second-order valence-corrected chi connectivity index (χ2v) is 9.95. The molecule has 5 rings (SSSR count). The van der Waals surface area contributed by atoms with Gasteiger partial charge in [0.2, 0.25) is 5.82 Å². The van der Waals surface area contributed by atoms with E-state index in [1.54, 1.807) is 18.2 Å². The molecule has 39 heavy (non-hydrogen) atoms. The zero-order chi connectivity index (χ0) is 27.5. The Hall–Kier alpha value is -3.42. The number of ether oxygens (including phenoxy) is 4. The van der Waals surface area contributed by atoms with Gasteiger partial charge < -0.3 is 18.9 Å². The smallest absolute Gasteiger partial charge is 0.409 e. The van der Waals surface area contributed by atoms with Crippen molar-refractivity contribution in [2.24, 2.45) is 0 Å². The maximum atomic E-state index is 13.9. The van der Waals surface area contributed by atoms with Crippen LogP contribution in [-0.2, 0) is 48.2 Å². The third-order valence-electron chi connectivity index (χ3n) is 7.58. The van der Waals surface area contributed by atoms with Crippen LogP contribution in [0.5, 0.6) is 0 Å². The van der Waals surface area contributed by atoms with Crippen molar-refractivity contribution >= 4 is 11.9 Å². The Labute approximate surface area is 223 Å². The van der Waals surface area contributed by atoms with Crippen molar-refractivity contribution in [2.45, 2.75) is 76.3 Å². The molecule has 3 fully saturated rings. The number of methoxy groups -OCH3 is 1. The number of carbonyl (C=O) groups is 2. The fourth-order valence-electron chi connectivity index (χ4n) is 5.69. The summed E-state index contributed by atoms with van der Waals surface area (Å²) in [4.78, 5) is 55.2. The summed E-state index contributed by atoms with van der Waals surface area (Å²) in [6, 6.07) is 7.29. The molecule has 0 amide bonds. The summed E-state index contributed by atoms with van der Waals surface area (Å²) in [6.07, 6.45) is 2.83. The first kappa shape index (κ1) is 27.2. The SMILES string of the molecule is COCCn1c(C2OC(=O)C(=O)O2)nc(=O)n(CCCN2C3CCC2CC(OCc2ccccc2F)C3)c1=O. The number of esters is 2. The number of hydrogen-bond donors (Lipinski definition) is 0. The van der Waals surface area contributed by atoms with Gasteiger partial charge in [-0.15, -0.1) is 0 Å². The van der Waals surface area contributed by atoms with Gasteiger partial charge in [-0.2, -0.15) is 4.98 Å². The summed E-state index contributed by atoms with van der Waals surface area (Å²) in [5.41, 5.74) is -0.909. The van der Waals surface area contributed by atoms with E-state index in [0.29, 0.717) is 30.6 Å². The predicted molar refractivity (Wildman–Crippen MR) is 132 cm³/mol. The van der Waals surface area contributed by atoms with Crippen LogP contribution in [0.15, 0.2) is 33.9 Å². The van der Waals surface area contributed by atoms with Crippen LogP contribution in [0.25, 0.3) is 0 Å². The molecule has 1 aromatic heterocycles. The molecule has 2 bridgehead atoms. The first-order chi connectivity index (χ1) is 18.9. The normalized spacial score (nSPS) is 23.3.